The molecule has 2 aromatic carbocycles. The number of para-hydroxylation sites is 2. The number of nitrogens with one attached hydrogen (secondary N) is 1. The molecule has 1 amide bonds. The molecule has 0 saturated carbocycles. The first kappa shape index (κ1) is 20.4. The third-order valence-electron chi connectivity index (χ3n) is 3.95. The van der Waals surface area contributed by atoms with E-state index in [9.17, 15) is 9.59 Å². The highest BCUT2D eigenvalue weighted by atomic mass is 79.9. The molecule has 0 aliphatic rings. The van der Waals surface area contributed by atoms with Gasteiger partial charge in [-0.15, -0.1) is 0 Å². The van der Waals surface area contributed by atoms with Crippen LogP contribution < -0.4 is 14.8 Å². The molecule has 3 rings (SSSR count). The molecular weight excluding hydrogens is 442 g/mol. The van der Waals surface area contributed by atoms with E-state index in [1.54, 1.807) is 35.3 Å². The third-order valence-corrected chi connectivity index (χ3v) is 4.36. The van der Waals surface area contributed by atoms with Crippen molar-refractivity contribution in [1.29, 1.82) is 0 Å². The van der Waals surface area contributed by atoms with Gasteiger partial charge in [-0.25, -0.2) is 9.48 Å². The van der Waals surface area contributed by atoms with Crippen LogP contribution >= 0.6 is 15.9 Å². The highest BCUT2D eigenvalue weighted by molar-refractivity contribution is 9.10. The van der Waals surface area contributed by atoms with Gasteiger partial charge < -0.3 is 19.5 Å². The first-order chi connectivity index (χ1) is 14.0. The summed E-state index contributed by atoms with van der Waals surface area (Å²) in [5, 5.41) is 7.12. The minimum absolute atomic E-state index is 0.259. The number of esters is 1. The molecule has 8 nitrogen and oxygen atoms in total. The van der Waals surface area contributed by atoms with Gasteiger partial charge in [-0.05, 0) is 46.3 Å². The van der Waals surface area contributed by atoms with Gasteiger partial charge in [-0.1, -0.05) is 12.1 Å². The SMILES string of the molecule is COC(=O)COc1cc(C(=O)Nc2ccccc2-n2cc(Br)cn2)ccc1OC. The number of carbonyl (C=O) groups excluding carboxylic acids is 2. The summed E-state index contributed by atoms with van der Waals surface area (Å²) in [4.78, 5) is 24.2. The first-order valence-electron chi connectivity index (χ1n) is 8.50. The van der Waals surface area contributed by atoms with E-state index >= 15 is 0 Å². The summed E-state index contributed by atoms with van der Waals surface area (Å²) in [6.07, 6.45) is 3.45. The molecule has 29 heavy (non-hydrogen) atoms. The maximum Gasteiger partial charge on any atom is 0.343 e. The Labute approximate surface area is 175 Å². The van der Waals surface area contributed by atoms with Gasteiger partial charge in [0.05, 0.1) is 36.3 Å². The third kappa shape index (κ3) is 4.94. The lowest BCUT2D eigenvalue weighted by atomic mass is 10.1. The number of benzene rings is 2. The Morgan fingerprint density at radius 3 is 2.62 bits per heavy atom. The number of anilines is 1. The van der Waals surface area contributed by atoms with Crippen molar-refractivity contribution in [3.63, 3.8) is 0 Å². The lowest BCUT2D eigenvalue weighted by Crippen LogP contribution is -2.15. The standard InChI is InChI=1S/C20H18BrN3O5/c1-27-17-8-7-13(9-18(17)29-12-19(25)28-2)20(26)23-15-5-3-4-6-16(15)24-11-14(21)10-22-24/h3-11H,12H2,1-2H3,(H,23,26). The molecule has 1 aromatic heterocycles. The Hall–Kier alpha value is -3.33. The van der Waals surface area contributed by atoms with Crippen LogP contribution in [0, 0.1) is 0 Å². The minimum atomic E-state index is -0.541. The number of methoxy groups -OCH3 is 2. The number of hydrogen-bond donors (Lipinski definition) is 1. The molecular formula is C20H18BrN3O5. The molecule has 0 aliphatic carbocycles. The van der Waals surface area contributed by atoms with Gasteiger partial charge in [0.25, 0.3) is 5.91 Å². The van der Waals surface area contributed by atoms with Crippen molar-refractivity contribution in [3.8, 4) is 17.2 Å². The quantitative estimate of drug-likeness (QED) is 0.544. The highest BCUT2D eigenvalue weighted by Gasteiger charge is 2.15. The highest BCUT2D eigenvalue weighted by Crippen LogP contribution is 2.29. The van der Waals surface area contributed by atoms with Gasteiger partial charge in [0.1, 0.15) is 0 Å². The van der Waals surface area contributed by atoms with E-state index in [1.165, 1.54) is 20.3 Å². The zero-order chi connectivity index (χ0) is 20.8. The molecule has 1 heterocycles. The fraction of sp³-hybridized carbons (Fsp3) is 0.150. The van der Waals surface area contributed by atoms with E-state index in [2.05, 4.69) is 31.1 Å². The van der Waals surface area contributed by atoms with Crippen molar-refractivity contribution < 1.29 is 23.8 Å². The van der Waals surface area contributed by atoms with E-state index in [4.69, 9.17) is 9.47 Å². The Morgan fingerprint density at radius 2 is 1.93 bits per heavy atom. The normalized spacial score (nSPS) is 10.3. The molecule has 150 valence electrons. The predicted octanol–water partition coefficient (Wildman–Crippen LogP) is 3.45. The molecule has 0 spiro atoms. The van der Waals surface area contributed by atoms with Crippen molar-refractivity contribution in [2.45, 2.75) is 0 Å². The Kier molecular flexibility index (Phi) is 6.50. The Morgan fingerprint density at radius 1 is 1.14 bits per heavy atom. The molecule has 0 bridgehead atoms. The second kappa shape index (κ2) is 9.24. The molecule has 1 N–H and O–H groups in total. The smallest absolute Gasteiger partial charge is 0.343 e. The number of halogens is 1. The van der Waals surface area contributed by atoms with Gasteiger partial charge >= 0.3 is 5.97 Å². The number of nitrogens with zero attached hydrogens (tertiary/aromatic N) is 2. The average molecular weight is 460 g/mol. The Bertz CT molecular complexity index is 1030. The average Bonchev–Trinajstić information content (AvgIpc) is 3.18. The van der Waals surface area contributed by atoms with Gasteiger partial charge in [0.15, 0.2) is 18.1 Å². The van der Waals surface area contributed by atoms with Crippen LogP contribution in [0.5, 0.6) is 11.5 Å². The number of aromatic nitrogens is 2. The minimum Gasteiger partial charge on any atom is -0.493 e. The lowest BCUT2D eigenvalue weighted by Gasteiger charge is -2.13. The van der Waals surface area contributed by atoms with Crippen LogP contribution in [0.4, 0.5) is 5.69 Å². The van der Waals surface area contributed by atoms with E-state index < -0.39 is 5.97 Å². The molecule has 0 radical (unpaired) electrons. The molecule has 0 saturated heterocycles. The number of rotatable bonds is 7. The van der Waals surface area contributed by atoms with Crippen LogP contribution in [-0.2, 0) is 9.53 Å². The second-order valence-electron chi connectivity index (χ2n) is 5.80. The first-order valence-corrected chi connectivity index (χ1v) is 9.29. The molecule has 9 heteroatoms. The van der Waals surface area contributed by atoms with Crippen molar-refractivity contribution in [3.05, 3.63) is 64.9 Å². The molecule has 0 atom stereocenters. The van der Waals surface area contributed by atoms with Crippen LogP contribution in [0.2, 0.25) is 0 Å². The molecule has 0 aliphatic heterocycles. The summed E-state index contributed by atoms with van der Waals surface area (Å²) in [6.45, 7) is -0.297. The lowest BCUT2D eigenvalue weighted by molar-refractivity contribution is -0.142. The maximum absolute atomic E-state index is 12.8. The van der Waals surface area contributed by atoms with E-state index in [1.807, 2.05) is 18.2 Å². The zero-order valence-corrected chi connectivity index (χ0v) is 17.3. The molecule has 0 unspecified atom stereocenters. The summed E-state index contributed by atoms with van der Waals surface area (Å²) in [6, 6.07) is 12.0. The summed E-state index contributed by atoms with van der Waals surface area (Å²) >= 11 is 3.36. The monoisotopic (exact) mass is 459 g/mol. The largest absolute Gasteiger partial charge is 0.493 e. The fourth-order valence-corrected chi connectivity index (χ4v) is 2.82. The van der Waals surface area contributed by atoms with Crippen LogP contribution in [0.1, 0.15) is 10.4 Å². The summed E-state index contributed by atoms with van der Waals surface area (Å²) in [7, 11) is 2.74. The van der Waals surface area contributed by atoms with Crippen LogP contribution in [-0.4, -0.2) is 42.5 Å². The summed E-state index contributed by atoms with van der Waals surface area (Å²) < 4.78 is 17.7. The number of hydrogen-bond acceptors (Lipinski definition) is 6. The number of ether oxygens (including phenoxy) is 3. The van der Waals surface area contributed by atoms with Crippen LogP contribution in [0.15, 0.2) is 59.3 Å². The van der Waals surface area contributed by atoms with Crippen molar-refractivity contribution in [1.82, 2.24) is 9.78 Å². The van der Waals surface area contributed by atoms with Gasteiger partial charge in [0, 0.05) is 11.8 Å². The number of carbonyl (C=O) groups is 2. The van der Waals surface area contributed by atoms with Crippen molar-refractivity contribution in [2.24, 2.45) is 0 Å². The molecule has 0 fully saturated rings. The van der Waals surface area contributed by atoms with Crippen molar-refractivity contribution in [2.75, 3.05) is 26.1 Å². The fourth-order valence-electron chi connectivity index (χ4n) is 2.53. The number of amides is 1. The van der Waals surface area contributed by atoms with Crippen LogP contribution in [0.3, 0.4) is 0 Å². The van der Waals surface area contributed by atoms with Gasteiger partial charge in [0.2, 0.25) is 0 Å². The second-order valence-corrected chi connectivity index (χ2v) is 6.72. The van der Waals surface area contributed by atoms with E-state index in [0.29, 0.717) is 22.7 Å². The predicted molar refractivity (Wildman–Crippen MR) is 110 cm³/mol. The molecule has 3 aromatic rings. The zero-order valence-electron chi connectivity index (χ0n) is 15.7. The van der Waals surface area contributed by atoms with Gasteiger partial charge in [-0.2, -0.15) is 5.10 Å². The maximum atomic E-state index is 12.8. The van der Waals surface area contributed by atoms with E-state index in [-0.39, 0.29) is 18.3 Å². The topological polar surface area (TPSA) is 91.7 Å². The van der Waals surface area contributed by atoms with Crippen LogP contribution in [0.25, 0.3) is 5.69 Å². The summed E-state index contributed by atoms with van der Waals surface area (Å²) in [5.74, 6) is -0.238. The van der Waals surface area contributed by atoms with Gasteiger partial charge in [-0.3, -0.25) is 4.79 Å². The summed E-state index contributed by atoms with van der Waals surface area (Å²) in [5.41, 5.74) is 1.63. The Balaban J connectivity index is 1.84. The van der Waals surface area contributed by atoms with Crippen molar-refractivity contribution >= 4 is 33.5 Å². The van der Waals surface area contributed by atoms with E-state index in [0.717, 1.165) is 4.47 Å².